The van der Waals surface area contributed by atoms with E-state index in [1.54, 1.807) is 0 Å². The number of rotatable bonds is 10. The summed E-state index contributed by atoms with van der Waals surface area (Å²) in [5.41, 5.74) is 13.3. The summed E-state index contributed by atoms with van der Waals surface area (Å²) in [6, 6.07) is 111. The fraction of sp³-hybridized carbons (Fsp3) is 0. The van der Waals surface area contributed by atoms with Crippen molar-refractivity contribution in [3.63, 3.8) is 0 Å². The Morgan fingerprint density at radius 3 is 0.648 bits per heavy atom. The van der Waals surface area contributed by atoms with Crippen LogP contribution in [0.5, 0.6) is 0 Å². The van der Waals surface area contributed by atoms with Gasteiger partial charge in [0, 0.05) is 10.4 Å². The molecule has 0 aromatic heterocycles. The SMILES string of the molecule is C(#C[Si](c1ccccc1)(c1ccccc1)c1ccccc1)C1=C(c2ccccc2)C(c2ccccc2)=C(C#C[Si](c2ccccc2)(c2ccccc2)c2ccccc2)[Si]1(c1ccccc1)c1ccccc1. The summed E-state index contributed by atoms with van der Waals surface area (Å²) in [4.78, 5) is 0. The summed E-state index contributed by atoms with van der Waals surface area (Å²) in [6.07, 6.45) is 0. The Hall–Kier alpha value is -8.55. The van der Waals surface area contributed by atoms with Gasteiger partial charge in [-0.05, 0) is 63.8 Å². The highest BCUT2D eigenvalue weighted by Crippen LogP contribution is 2.48. The lowest BCUT2D eigenvalue weighted by Gasteiger charge is -2.33. The van der Waals surface area contributed by atoms with E-state index in [2.05, 4.69) is 326 Å². The monoisotopic (exact) mass is 950 g/mol. The van der Waals surface area contributed by atoms with Crippen LogP contribution in [0.3, 0.4) is 0 Å². The maximum atomic E-state index is 4.36. The van der Waals surface area contributed by atoms with Crippen molar-refractivity contribution in [3.8, 4) is 22.9 Å². The molecule has 10 aromatic carbocycles. The first-order valence-corrected chi connectivity index (χ1v) is 30.4. The van der Waals surface area contributed by atoms with Crippen molar-refractivity contribution in [3.05, 3.63) is 325 Å². The first kappa shape index (κ1) is 44.9. The van der Waals surface area contributed by atoms with Crippen molar-refractivity contribution in [2.75, 3.05) is 0 Å². The summed E-state index contributed by atoms with van der Waals surface area (Å²) in [7, 11) is -9.71. The minimum absolute atomic E-state index is 1.13. The smallest absolute Gasteiger partial charge is 0.110 e. The molecule has 0 N–H and O–H groups in total. The van der Waals surface area contributed by atoms with Crippen LogP contribution in [0, 0.1) is 22.9 Å². The Kier molecular flexibility index (Phi) is 12.8. The van der Waals surface area contributed by atoms with Crippen molar-refractivity contribution in [2.24, 2.45) is 0 Å². The van der Waals surface area contributed by atoms with Crippen molar-refractivity contribution >= 4 is 76.9 Å². The van der Waals surface area contributed by atoms with Gasteiger partial charge in [0.05, 0.1) is 0 Å². The van der Waals surface area contributed by atoms with Crippen LogP contribution in [0.4, 0.5) is 0 Å². The molecule has 1 aliphatic rings. The average molecular weight is 951 g/mol. The fourth-order valence-corrected chi connectivity index (χ4v) is 23.7. The molecule has 0 radical (unpaired) electrons. The van der Waals surface area contributed by atoms with E-state index in [0.717, 1.165) is 32.7 Å². The van der Waals surface area contributed by atoms with Crippen LogP contribution in [0.2, 0.25) is 0 Å². The van der Waals surface area contributed by atoms with E-state index in [4.69, 9.17) is 0 Å². The van der Waals surface area contributed by atoms with Gasteiger partial charge < -0.3 is 0 Å². The van der Waals surface area contributed by atoms with Crippen molar-refractivity contribution in [1.82, 2.24) is 0 Å². The zero-order valence-corrected chi connectivity index (χ0v) is 42.4. The fourth-order valence-electron chi connectivity index (χ4n) is 10.8. The van der Waals surface area contributed by atoms with Crippen molar-refractivity contribution in [2.45, 2.75) is 0 Å². The lowest BCUT2D eigenvalue weighted by molar-refractivity contribution is 1.58. The molecule has 334 valence electrons. The van der Waals surface area contributed by atoms with Crippen LogP contribution < -0.4 is 41.5 Å². The number of hydrogen-bond donors (Lipinski definition) is 0. The molecule has 10 aromatic rings. The zero-order valence-electron chi connectivity index (χ0n) is 39.4. The van der Waals surface area contributed by atoms with Crippen LogP contribution in [0.1, 0.15) is 11.1 Å². The van der Waals surface area contributed by atoms with Crippen molar-refractivity contribution < 1.29 is 0 Å². The van der Waals surface area contributed by atoms with E-state index in [0.29, 0.717) is 0 Å². The molecule has 0 bridgehead atoms. The molecule has 0 saturated heterocycles. The van der Waals surface area contributed by atoms with Gasteiger partial charge in [-0.25, -0.2) is 0 Å². The number of hydrogen-bond acceptors (Lipinski definition) is 0. The summed E-state index contributed by atoms with van der Waals surface area (Å²) < 4.78 is 0. The molecular formula is C68H50Si3. The minimum Gasteiger partial charge on any atom is -0.110 e. The van der Waals surface area contributed by atoms with E-state index >= 15 is 0 Å². The number of benzene rings is 10. The molecule has 71 heavy (non-hydrogen) atoms. The van der Waals surface area contributed by atoms with Crippen molar-refractivity contribution in [1.29, 1.82) is 0 Å². The van der Waals surface area contributed by atoms with Gasteiger partial charge in [-0.3, -0.25) is 0 Å². The molecule has 0 atom stereocenters. The first-order chi connectivity index (χ1) is 35.2. The highest BCUT2D eigenvalue weighted by Gasteiger charge is 2.53. The molecule has 11 rings (SSSR count). The number of allylic oxidation sites excluding steroid dienone is 4. The third kappa shape index (κ3) is 8.13. The van der Waals surface area contributed by atoms with E-state index in [1.165, 1.54) is 41.5 Å². The van der Waals surface area contributed by atoms with Gasteiger partial charge >= 0.3 is 0 Å². The van der Waals surface area contributed by atoms with Crippen LogP contribution >= 0.6 is 0 Å². The van der Waals surface area contributed by atoms with Gasteiger partial charge in [-0.1, -0.05) is 315 Å². The standard InChI is InChI=1S/C68H50Si3/c1-11-31-55(32-12-1)67-65(51-53-69(57-35-15-3-16-36-57,58-37-17-4-18-38-58)59-39-19-5-20-40-59)71(63-47-27-9-28-48-63,64-49-29-10-30-50-64)66(68(67)56-33-13-2-14-34-56)52-54-70(60-41-21-6-22-42-60,61-43-23-7-24-44-61)62-45-25-8-26-46-62/h1-50H. The van der Waals surface area contributed by atoms with E-state index in [1.807, 2.05) is 0 Å². The molecule has 0 nitrogen and oxygen atoms in total. The Labute approximate surface area is 422 Å². The summed E-state index contributed by atoms with van der Waals surface area (Å²) >= 11 is 0. The molecule has 0 spiro atoms. The maximum absolute atomic E-state index is 4.36. The van der Waals surface area contributed by atoms with Crippen LogP contribution in [-0.2, 0) is 0 Å². The lowest BCUT2D eigenvalue weighted by Crippen LogP contribution is -2.67. The van der Waals surface area contributed by atoms with E-state index in [-0.39, 0.29) is 0 Å². The lowest BCUT2D eigenvalue weighted by atomic mass is 9.92. The second kappa shape index (κ2) is 20.2. The predicted molar refractivity (Wildman–Crippen MR) is 308 cm³/mol. The quantitative estimate of drug-likeness (QED) is 0.0729. The Bertz CT molecular complexity index is 3140. The predicted octanol–water partition coefficient (Wildman–Crippen LogP) is 9.68. The summed E-state index contributed by atoms with van der Waals surface area (Å²) in [6.45, 7) is 0. The second-order valence-electron chi connectivity index (χ2n) is 17.9. The third-order valence-corrected chi connectivity index (χ3v) is 26.9. The molecule has 0 amide bonds. The molecule has 0 aliphatic carbocycles. The van der Waals surface area contributed by atoms with Crippen LogP contribution in [0.15, 0.2) is 314 Å². The molecule has 0 unspecified atom stereocenters. The molecule has 3 heteroatoms. The van der Waals surface area contributed by atoms with Gasteiger partial charge in [-0.15, -0.1) is 11.1 Å². The Morgan fingerprint density at radius 2 is 0.423 bits per heavy atom. The van der Waals surface area contributed by atoms with Gasteiger partial charge in [0.2, 0.25) is 16.1 Å². The topological polar surface area (TPSA) is 0 Å². The zero-order chi connectivity index (χ0) is 47.8. The third-order valence-electron chi connectivity index (χ3n) is 14.0. The average Bonchev–Trinajstić information content (AvgIpc) is 3.76. The Balaban J connectivity index is 1.35. The minimum atomic E-state index is -3.48. The molecule has 1 aliphatic heterocycles. The first-order valence-electron chi connectivity index (χ1n) is 24.4. The molecule has 0 fully saturated rings. The van der Waals surface area contributed by atoms with Gasteiger partial charge in [0.25, 0.3) is 0 Å². The molecule has 1 heterocycles. The maximum Gasteiger partial charge on any atom is 0.230 e. The largest absolute Gasteiger partial charge is 0.230 e. The molecular weight excluding hydrogens is 901 g/mol. The highest BCUT2D eigenvalue weighted by atomic mass is 28.3. The van der Waals surface area contributed by atoms with Gasteiger partial charge in [0.1, 0.15) is 0 Å². The highest BCUT2D eigenvalue weighted by molar-refractivity contribution is 7.19. The van der Waals surface area contributed by atoms with E-state index < -0.39 is 24.2 Å². The van der Waals surface area contributed by atoms with E-state index in [9.17, 15) is 0 Å². The normalized spacial score (nSPS) is 13.1. The summed E-state index contributed by atoms with van der Waals surface area (Å²) in [5.74, 6) is 8.66. The molecule has 0 saturated carbocycles. The summed E-state index contributed by atoms with van der Waals surface area (Å²) in [5, 5.41) is 12.3. The van der Waals surface area contributed by atoms with Gasteiger partial charge in [0.15, 0.2) is 8.07 Å². The second-order valence-corrected chi connectivity index (χ2v) is 28.5. The van der Waals surface area contributed by atoms with Gasteiger partial charge in [-0.2, -0.15) is 0 Å². The van der Waals surface area contributed by atoms with Crippen LogP contribution in [-0.4, -0.2) is 24.2 Å². The Morgan fingerprint density at radius 1 is 0.225 bits per heavy atom. The van der Waals surface area contributed by atoms with Crippen LogP contribution in [0.25, 0.3) is 11.1 Å².